The van der Waals surface area contributed by atoms with E-state index >= 15 is 0 Å². The van der Waals surface area contributed by atoms with Crippen LogP contribution in [0.1, 0.15) is 33.6 Å². The van der Waals surface area contributed by atoms with Gasteiger partial charge < -0.3 is 16.0 Å². The fourth-order valence-electron chi connectivity index (χ4n) is 1.03. The summed E-state index contributed by atoms with van der Waals surface area (Å²) in [5.41, 5.74) is 5.70. The van der Waals surface area contributed by atoms with Crippen molar-refractivity contribution >= 4 is 29.9 Å². The number of nitrogens with one attached hydrogen (secondary N) is 1. The number of nitrogens with two attached hydrogens (primary N) is 1. The molecule has 98 valence electrons. The molecular weight excluding hydrogens is 315 g/mol. The highest BCUT2D eigenvalue weighted by atomic mass is 127. The number of unbranched alkanes of at least 4 members (excludes halogenated alkanes) is 1. The molecule has 4 nitrogen and oxygen atoms in total. The van der Waals surface area contributed by atoms with Crippen LogP contribution < -0.4 is 11.1 Å². The maximum Gasteiger partial charge on any atom is 0.188 e. The van der Waals surface area contributed by atoms with Crippen molar-refractivity contribution in [3.63, 3.8) is 0 Å². The SMILES string of the molecule is CCCCN=C(N)NCCN(C)C(C)C.I. The maximum absolute atomic E-state index is 5.70. The van der Waals surface area contributed by atoms with E-state index in [0.717, 1.165) is 32.5 Å². The Labute approximate surface area is 117 Å². The van der Waals surface area contributed by atoms with Gasteiger partial charge in [0.05, 0.1) is 0 Å². The standard InChI is InChI=1S/C11H26N4.HI/c1-5-6-7-13-11(12)14-8-9-15(4)10(2)3;/h10H,5-9H2,1-4H3,(H3,12,13,14);1H. The summed E-state index contributed by atoms with van der Waals surface area (Å²) in [4.78, 5) is 6.49. The minimum absolute atomic E-state index is 0. The third kappa shape index (κ3) is 10.5. The molecular formula is C11H27IN4. The summed E-state index contributed by atoms with van der Waals surface area (Å²) in [5, 5.41) is 3.11. The summed E-state index contributed by atoms with van der Waals surface area (Å²) in [6.45, 7) is 9.18. The molecule has 0 amide bonds. The van der Waals surface area contributed by atoms with E-state index in [1.54, 1.807) is 0 Å². The Morgan fingerprint density at radius 3 is 2.56 bits per heavy atom. The third-order valence-electron chi connectivity index (χ3n) is 2.45. The van der Waals surface area contributed by atoms with E-state index in [4.69, 9.17) is 5.73 Å². The fourth-order valence-corrected chi connectivity index (χ4v) is 1.03. The van der Waals surface area contributed by atoms with Gasteiger partial charge in [0.15, 0.2) is 5.96 Å². The maximum atomic E-state index is 5.70. The van der Waals surface area contributed by atoms with Gasteiger partial charge in [0.25, 0.3) is 0 Å². The Hall–Kier alpha value is -0.0400. The Morgan fingerprint density at radius 1 is 1.44 bits per heavy atom. The lowest BCUT2D eigenvalue weighted by molar-refractivity contribution is 0.278. The first-order valence-corrected chi connectivity index (χ1v) is 5.82. The average Bonchev–Trinajstić information content (AvgIpc) is 2.18. The molecule has 0 radical (unpaired) electrons. The van der Waals surface area contributed by atoms with E-state index in [1.165, 1.54) is 0 Å². The minimum Gasteiger partial charge on any atom is -0.370 e. The van der Waals surface area contributed by atoms with Gasteiger partial charge in [0.1, 0.15) is 0 Å². The summed E-state index contributed by atoms with van der Waals surface area (Å²) < 4.78 is 0. The first kappa shape index (κ1) is 18.3. The molecule has 0 fully saturated rings. The van der Waals surface area contributed by atoms with Crippen molar-refractivity contribution in [2.75, 3.05) is 26.7 Å². The van der Waals surface area contributed by atoms with Gasteiger partial charge in [-0.05, 0) is 27.3 Å². The Kier molecular flexibility index (Phi) is 13.1. The van der Waals surface area contributed by atoms with Gasteiger partial charge in [-0.15, -0.1) is 24.0 Å². The molecule has 16 heavy (non-hydrogen) atoms. The molecule has 0 saturated carbocycles. The highest BCUT2D eigenvalue weighted by Gasteiger charge is 2.01. The normalized spacial score (nSPS) is 11.8. The molecule has 0 aromatic heterocycles. The Bertz CT molecular complexity index is 183. The van der Waals surface area contributed by atoms with Crippen LogP contribution in [0, 0.1) is 0 Å². The van der Waals surface area contributed by atoms with Crippen LogP contribution in [-0.2, 0) is 0 Å². The summed E-state index contributed by atoms with van der Waals surface area (Å²) in [7, 11) is 2.11. The van der Waals surface area contributed by atoms with Crippen molar-refractivity contribution in [3.05, 3.63) is 0 Å². The van der Waals surface area contributed by atoms with Crippen molar-refractivity contribution in [3.8, 4) is 0 Å². The molecule has 0 aliphatic heterocycles. The van der Waals surface area contributed by atoms with Crippen molar-refractivity contribution in [2.45, 2.75) is 39.7 Å². The van der Waals surface area contributed by atoms with E-state index < -0.39 is 0 Å². The summed E-state index contributed by atoms with van der Waals surface area (Å²) in [6.07, 6.45) is 2.27. The van der Waals surface area contributed by atoms with Crippen molar-refractivity contribution in [1.82, 2.24) is 10.2 Å². The van der Waals surface area contributed by atoms with Gasteiger partial charge in [0.2, 0.25) is 0 Å². The number of hydrogen-bond donors (Lipinski definition) is 2. The van der Waals surface area contributed by atoms with Gasteiger partial charge in [0, 0.05) is 25.7 Å². The van der Waals surface area contributed by atoms with E-state index in [2.05, 4.69) is 43.0 Å². The van der Waals surface area contributed by atoms with Gasteiger partial charge in [-0.1, -0.05) is 13.3 Å². The predicted octanol–water partition coefficient (Wildman–Crippen LogP) is 1.65. The number of nitrogens with zero attached hydrogens (tertiary/aromatic N) is 2. The predicted molar refractivity (Wildman–Crippen MR) is 82.6 cm³/mol. The largest absolute Gasteiger partial charge is 0.370 e. The molecule has 5 heteroatoms. The molecule has 0 unspecified atom stereocenters. The number of hydrogen-bond acceptors (Lipinski definition) is 2. The molecule has 0 aromatic rings. The van der Waals surface area contributed by atoms with Crippen LogP contribution in [0.2, 0.25) is 0 Å². The number of guanidine groups is 1. The lowest BCUT2D eigenvalue weighted by Crippen LogP contribution is -2.39. The van der Waals surface area contributed by atoms with Crippen molar-refractivity contribution in [1.29, 1.82) is 0 Å². The van der Waals surface area contributed by atoms with Gasteiger partial charge in [-0.25, -0.2) is 0 Å². The zero-order chi connectivity index (χ0) is 11.7. The Morgan fingerprint density at radius 2 is 2.06 bits per heavy atom. The summed E-state index contributed by atoms with van der Waals surface area (Å²) >= 11 is 0. The van der Waals surface area contributed by atoms with Crippen LogP contribution in [0.5, 0.6) is 0 Å². The molecule has 0 aliphatic carbocycles. The highest BCUT2D eigenvalue weighted by molar-refractivity contribution is 14.0. The van der Waals surface area contributed by atoms with Crippen molar-refractivity contribution in [2.24, 2.45) is 10.7 Å². The second-order valence-corrected chi connectivity index (χ2v) is 4.12. The number of likely N-dealkylation sites (N-methyl/N-ethyl adjacent to an activating group) is 1. The summed E-state index contributed by atoms with van der Waals surface area (Å²) in [5.74, 6) is 0.570. The van der Waals surface area contributed by atoms with Crippen LogP contribution >= 0.6 is 24.0 Å². The zero-order valence-corrected chi connectivity index (χ0v) is 13.3. The first-order valence-electron chi connectivity index (χ1n) is 5.82. The van der Waals surface area contributed by atoms with Crippen LogP contribution in [0.25, 0.3) is 0 Å². The van der Waals surface area contributed by atoms with E-state index in [-0.39, 0.29) is 24.0 Å². The molecule has 0 bridgehead atoms. The monoisotopic (exact) mass is 342 g/mol. The summed E-state index contributed by atoms with van der Waals surface area (Å²) in [6, 6.07) is 0.574. The molecule has 0 rings (SSSR count). The van der Waals surface area contributed by atoms with Crippen molar-refractivity contribution < 1.29 is 0 Å². The molecule has 0 saturated heterocycles. The smallest absolute Gasteiger partial charge is 0.188 e. The highest BCUT2D eigenvalue weighted by Crippen LogP contribution is 1.90. The number of aliphatic imine (C=N–C) groups is 1. The third-order valence-corrected chi connectivity index (χ3v) is 2.45. The van der Waals surface area contributed by atoms with Gasteiger partial charge in [-0.3, -0.25) is 4.99 Å². The number of rotatable bonds is 7. The first-order chi connectivity index (χ1) is 7.07. The molecule has 0 heterocycles. The van der Waals surface area contributed by atoms with E-state index in [1.807, 2.05) is 0 Å². The second kappa shape index (κ2) is 11.4. The van der Waals surface area contributed by atoms with Gasteiger partial charge in [-0.2, -0.15) is 0 Å². The molecule has 0 aliphatic rings. The lowest BCUT2D eigenvalue weighted by Gasteiger charge is -2.20. The minimum atomic E-state index is 0. The Balaban J connectivity index is 0. The van der Waals surface area contributed by atoms with Crippen LogP contribution in [0.3, 0.4) is 0 Å². The van der Waals surface area contributed by atoms with E-state index in [0.29, 0.717) is 12.0 Å². The molecule has 0 spiro atoms. The van der Waals surface area contributed by atoms with Crippen LogP contribution in [0.15, 0.2) is 4.99 Å². The quantitative estimate of drug-likeness (QED) is 0.320. The van der Waals surface area contributed by atoms with Gasteiger partial charge >= 0.3 is 0 Å². The lowest BCUT2D eigenvalue weighted by atomic mass is 10.3. The van der Waals surface area contributed by atoms with E-state index in [9.17, 15) is 0 Å². The molecule has 3 N–H and O–H groups in total. The zero-order valence-electron chi connectivity index (χ0n) is 11.0. The topological polar surface area (TPSA) is 53.6 Å². The average molecular weight is 342 g/mol. The second-order valence-electron chi connectivity index (χ2n) is 4.12. The molecule has 0 atom stereocenters. The fraction of sp³-hybridized carbons (Fsp3) is 0.909. The van der Waals surface area contributed by atoms with Crippen LogP contribution in [0.4, 0.5) is 0 Å². The molecule has 0 aromatic carbocycles. The number of halogens is 1. The van der Waals surface area contributed by atoms with Crippen LogP contribution in [-0.4, -0.2) is 43.6 Å².